The summed E-state index contributed by atoms with van der Waals surface area (Å²) in [5.41, 5.74) is 5.34. The predicted molar refractivity (Wildman–Crippen MR) is 190 cm³/mol. The van der Waals surface area contributed by atoms with Crippen LogP contribution in [0.1, 0.15) is 60.5 Å². The van der Waals surface area contributed by atoms with E-state index in [-0.39, 0.29) is 29.2 Å². The van der Waals surface area contributed by atoms with Gasteiger partial charge in [0, 0.05) is 16.1 Å². The summed E-state index contributed by atoms with van der Waals surface area (Å²) in [6.07, 6.45) is 0. The van der Waals surface area contributed by atoms with E-state index in [1.54, 1.807) is 22.5 Å². The van der Waals surface area contributed by atoms with Gasteiger partial charge in [0.25, 0.3) is 11.5 Å². The Morgan fingerprint density at radius 2 is 1.60 bits per heavy atom. The molecule has 9 heteroatoms. The Bertz CT molecular complexity index is 2290. The number of nitrogens with zero attached hydrogens (tertiary/aromatic N) is 3. The van der Waals surface area contributed by atoms with Crippen molar-refractivity contribution in [2.45, 2.75) is 39.3 Å². The number of aromatic nitrogens is 1. The van der Waals surface area contributed by atoms with Crippen molar-refractivity contribution in [2.24, 2.45) is 4.99 Å². The van der Waals surface area contributed by atoms with Gasteiger partial charge in [-0.2, -0.15) is 0 Å². The number of fused-ring (bicyclic) bond motifs is 2. The first-order valence-corrected chi connectivity index (χ1v) is 17.0. The number of halogens is 1. The largest absolute Gasteiger partial charge is 0.463 e. The minimum atomic E-state index is -0.836. The Morgan fingerprint density at radius 1 is 0.917 bits per heavy atom. The number of carbonyl (C=O) groups is 2. The highest BCUT2D eigenvalue weighted by molar-refractivity contribution is 7.07. The molecule has 240 valence electrons. The number of para-hydroxylation sites is 1. The maximum atomic E-state index is 14.7. The van der Waals surface area contributed by atoms with E-state index in [1.807, 2.05) is 97.1 Å². The lowest BCUT2D eigenvalue weighted by Crippen LogP contribution is -2.41. The van der Waals surface area contributed by atoms with Crippen molar-refractivity contribution in [1.29, 1.82) is 0 Å². The average Bonchev–Trinajstić information content (AvgIpc) is 3.57. The maximum Gasteiger partial charge on any atom is 0.338 e. The van der Waals surface area contributed by atoms with Crippen LogP contribution in [0.25, 0.3) is 11.3 Å². The van der Waals surface area contributed by atoms with Gasteiger partial charge in [-0.3, -0.25) is 14.2 Å². The Labute approximate surface area is 286 Å². The van der Waals surface area contributed by atoms with Gasteiger partial charge in [0.1, 0.15) is 4.53 Å². The molecule has 5 aromatic rings. The summed E-state index contributed by atoms with van der Waals surface area (Å²) in [5.74, 6) is -0.554. The molecule has 2 aliphatic heterocycles. The van der Waals surface area contributed by atoms with E-state index in [1.165, 1.54) is 0 Å². The molecule has 4 aromatic carbocycles. The molecule has 0 aliphatic carbocycles. The smallest absolute Gasteiger partial charge is 0.338 e. The summed E-state index contributed by atoms with van der Waals surface area (Å²) in [7, 11) is 0. The normalized spacial score (nSPS) is 16.6. The quantitative estimate of drug-likeness (QED) is 0.182. The van der Waals surface area contributed by atoms with Crippen molar-refractivity contribution >= 4 is 51.8 Å². The van der Waals surface area contributed by atoms with Gasteiger partial charge in [0.2, 0.25) is 0 Å². The first-order valence-electron chi connectivity index (χ1n) is 15.8. The van der Waals surface area contributed by atoms with Gasteiger partial charge >= 0.3 is 5.97 Å². The molecule has 3 heterocycles. The van der Waals surface area contributed by atoms with E-state index >= 15 is 0 Å². The first kappa shape index (κ1) is 31.5. The average molecular weight is 674 g/mol. The third-order valence-electron chi connectivity index (χ3n) is 8.70. The van der Waals surface area contributed by atoms with E-state index in [0.717, 1.165) is 33.6 Å². The number of rotatable bonds is 7. The van der Waals surface area contributed by atoms with Crippen molar-refractivity contribution in [3.8, 4) is 0 Å². The third kappa shape index (κ3) is 5.41. The lowest BCUT2D eigenvalue weighted by molar-refractivity contribution is -0.138. The highest BCUT2D eigenvalue weighted by Gasteiger charge is 2.38. The van der Waals surface area contributed by atoms with Gasteiger partial charge in [-0.15, -0.1) is 0 Å². The fourth-order valence-electron chi connectivity index (χ4n) is 6.32. The molecule has 7 rings (SSSR count). The molecule has 1 atom stereocenters. The van der Waals surface area contributed by atoms with Crippen LogP contribution in [-0.4, -0.2) is 23.1 Å². The molecule has 0 spiro atoms. The van der Waals surface area contributed by atoms with Crippen LogP contribution in [0.4, 0.5) is 5.69 Å². The number of carbonyl (C=O) groups excluding carboxylic acids is 2. The predicted octanol–water partition coefficient (Wildman–Crippen LogP) is 6.63. The zero-order valence-corrected chi connectivity index (χ0v) is 28.2. The molecule has 0 radical (unpaired) electrons. The summed E-state index contributed by atoms with van der Waals surface area (Å²) < 4.78 is 7.41. The second-order valence-corrected chi connectivity index (χ2v) is 13.3. The first-order chi connectivity index (χ1) is 23.3. The Hall–Kier alpha value is -5.05. The number of hydrogen-bond donors (Lipinski definition) is 0. The van der Waals surface area contributed by atoms with Gasteiger partial charge in [-0.05, 0) is 41.7 Å². The van der Waals surface area contributed by atoms with Crippen LogP contribution in [-0.2, 0) is 20.9 Å². The molecule has 0 unspecified atom stereocenters. The van der Waals surface area contributed by atoms with Crippen LogP contribution < -0.4 is 19.8 Å². The number of ether oxygens (including phenoxy) is 1. The zero-order valence-electron chi connectivity index (χ0n) is 26.6. The molecule has 2 aliphatic rings. The van der Waals surface area contributed by atoms with Crippen LogP contribution in [0.3, 0.4) is 0 Å². The molecule has 0 saturated heterocycles. The number of benzene rings is 4. The van der Waals surface area contributed by atoms with E-state index in [9.17, 15) is 14.4 Å². The fourth-order valence-corrected chi connectivity index (χ4v) is 7.61. The van der Waals surface area contributed by atoms with Gasteiger partial charge in [0.15, 0.2) is 4.80 Å². The zero-order chi connectivity index (χ0) is 33.5. The van der Waals surface area contributed by atoms with Crippen molar-refractivity contribution in [3.63, 3.8) is 0 Å². The molecule has 7 nitrogen and oxygen atoms in total. The molecule has 48 heavy (non-hydrogen) atoms. The van der Waals surface area contributed by atoms with Crippen LogP contribution in [0.15, 0.2) is 118 Å². The maximum absolute atomic E-state index is 14.7. The van der Waals surface area contributed by atoms with E-state index in [4.69, 9.17) is 21.3 Å². The fraction of sp³-hybridized carbons (Fsp3) is 0.179. The number of amides is 1. The Morgan fingerprint density at radius 3 is 2.31 bits per heavy atom. The Balaban J connectivity index is 1.50. The molecule has 0 saturated carbocycles. The second-order valence-electron chi connectivity index (χ2n) is 11.9. The van der Waals surface area contributed by atoms with E-state index in [0.29, 0.717) is 38.3 Å². The highest BCUT2D eigenvalue weighted by Crippen LogP contribution is 2.38. The van der Waals surface area contributed by atoms with Gasteiger partial charge in [-0.1, -0.05) is 128 Å². The molecular weight excluding hydrogens is 642 g/mol. The van der Waals surface area contributed by atoms with Crippen molar-refractivity contribution in [2.75, 3.05) is 11.5 Å². The lowest BCUT2D eigenvalue weighted by Gasteiger charge is -2.26. The van der Waals surface area contributed by atoms with E-state index < -0.39 is 17.6 Å². The van der Waals surface area contributed by atoms with Crippen molar-refractivity contribution < 1.29 is 14.3 Å². The SMILES string of the molecule is CCOC(=O)C1=C(c2ccccc2)N=c2s/c(=C3/C(=O)N(Cc4ccccc4Cl)c4ccccc43)c(=O)n2[C@@H]1c1ccc(C(C)C)cc1. The number of esters is 1. The summed E-state index contributed by atoms with van der Waals surface area (Å²) in [6.45, 7) is 6.38. The number of anilines is 1. The number of thiazole rings is 1. The summed E-state index contributed by atoms with van der Waals surface area (Å²) >= 11 is 7.66. The van der Waals surface area contributed by atoms with E-state index in [2.05, 4.69) is 13.8 Å². The van der Waals surface area contributed by atoms with Crippen LogP contribution in [0.5, 0.6) is 0 Å². The van der Waals surface area contributed by atoms with Crippen LogP contribution in [0, 0.1) is 0 Å². The Kier molecular flexibility index (Phi) is 8.45. The van der Waals surface area contributed by atoms with Crippen molar-refractivity contribution in [3.05, 3.63) is 161 Å². The lowest BCUT2D eigenvalue weighted by atomic mass is 9.91. The minimum absolute atomic E-state index is 0.157. The van der Waals surface area contributed by atoms with Gasteiger partial charge < -0.3 is 9.64 Å². The molecule has 1 amide bonds. The van der Waals surface area contributed by atoms with Crippen LogP contribution in [0.2, 0.25) is 5.02 Å². The highest BCUT2D eigenvalue weighted by atomic mass is 35.5. The summed E-state index contributed by atoms with van der Waals surface area (Å²) in [4.78, 5) is 49.9. The standard InChI is InChI=1S/C39H32ClN3O4S/c1-4-47-38(46)32-33(25-12-6-5-7-13-25)41-39-43(34(32)26-20-18-24(19-21-26)23(2)3)37(45)35(48-39)31-28-15-9-11-17-30(28)42(36(31)44)22-27-14-8-10-16-29(27)40/h5-21,23,34H,4,22H2,1-3H3/b35-31+/t34-/m1/s1. The van der Waals surface area contributed by atoms with Crippen molar-refractivity contribution in [1.82, 2.24) is 4.57 Å². The monoisotopic (exact) mass is 673 g/mol. The second kappa shape index (κ2) is 12.9. The molecule has 0 N–H and O–H groups in total. The molecule has 0 fully saturated rings. The molecular formula is C39H32ClN3O4S. The topological polar surface area (TPSA) is 81.0 Å². The minimum Gasteiger partial charge on any atom is -0.463 e. The number of hydrogen-bond acceptors (Lipinski definition) is 6. The molecule has 1 aromatic heterocycles. The van der Waals surface area contributed by atoms with Gasteiger partial charge in [-0.25, -0.2) is 9.79 Å². The summed E-state index contributed by atoms with van der Waals surface area (Å²) in [5, 5.41) is 0.555. The van der Waals surface area contributed by atoms with Gasteiger partial charge in [0.05, 0.1) is 41.7 Å². The van der Waals surface area contributed by atoms with Crippen LogP contribution >= 0.6 is 22.9 Å². The third-order valence-corrected chi connectivity index (χ3v) is 10.1. The summed E-state index contributed by atoms with van der Waals surface area (Å²) in [6, 6.07) is 31.4. The molecule has 0 bridgehead atoms.